The minimum atomic E-state index is -0.552. The average molecular weight is 458 g/mol. The topological polar surface area (TPSA) is 123 Å². The molecule has 3 aromatic carbocycles. The smallest absolute Gasteiger partial charge is 0.337 e. The molecular weight excluding hydrogens is 440 g/mol. The van der Waals surface area contributed by atoms with Crippen molar-refractivity contribution >= 4 is 22.9 Å². The van der Waals surface area contributed by atoms with Crippen LogP contribution in [0.3, 0.4) is 0 Å². The Morgan fingerprint density at radius 2 is 1.71 bits per heavy atom. The summed E-state index contributed by atoms with van der Waals surface area (Å²) >= 11 is 0. The maximum atomic E-state index is 13.0. The van der Waals surface area contributed by atoms with Crippen LogP contribution in [-0.2, 0) is 9.53 Å². The normalized spacial score (nSPS) is 15.0. The Hall–Kier alpha value is -4.59. The van der Waals surface area contributed by atoms with E-state index in [1.165, 1.54) is 31.4 Å². The van der Waals surface area contributed by atoms with E-state index in [4.69, 9.17) is 13.9 Å². The molecule has 0 aliphatic carbocycles. The van der Waals surface area contributed by atoms with Gasteiger partial charge in [0.05, 0.1) is 19.1 Å². The van der Waals surface area contributed by atoms with Crippen LogP contribution in [0.2, 0.25) is 0 Å². The Labute approximate surface area is 192 Å². The van der Waals surface area contributed by atoms with Crippen molar-refractivity contribution in [3.63, 3.8) is 0 Å². The third-order valence-electron chi connectivity index (χ3n) is 5.81. The fourth-order valence-electron chi connectivity index (χ4n) is 4.18. The van der Waals surface area contributed by atoms with Gasteiger partial charge < -0.3 is 24.1 Å². The van der Waals surface area contributed by atoms with Gasteiger partial charge in [0.1, 0.15) is 34.0 Å². The predicted molar refractivity (Wildman–Crippen MR) is 121 cm³/mol. The van der Waals surface area contributed by atoms with Gasteiger partial charge in [-0.1, -0.05) is 12.1 Å². The van der Waals surface area contributed by atoms with Crippen LogP contribution in [0.25, 0.3) is 22.3 Å². The second-order valence-electron chi connectivity index (χ2n) is 7.88. The van der Waals surface area contributed by atoms with Crippen molar-refractivity contribution in [1.82, 2.24) is 0 Å². The van der Waals surface area contributed by atoms with Crippen molar-refractivity contribution in [3.05, 3.63) is 87.6 Å². The molecule has 0 unspecified atom stereocenters. The van der Waals surface area contributed by atoms with Gasteiger partial charge in [0, 0.05) is 29.2 Å². The van der Waals surface area contributed by atoms with Crippen molar-refractivity contribution in [3.8, 4) is 28.6 Å². The summed E-state index contributed by atoms with van der Waals surface area (Å²) in [5.41, 5.74) is 1.65. The van der Waals surface area contributed by atoms with Crippen LogP contribution in [0.4, 0.5) is 0 Å². The van der Waals surface area contributed by atoms with Gasteiger partial charge in [-0.15, -0.1) is 0 Å². The number of ether oxygens (including phenoxy) is 2. The van der Waals surface area contributed by atoms with E-state index in [1.54, 1.807) is 36.4 Å². The first-order chi connectivity index (χ1) is 16.4. The highest BCUT2D eigenvalue weighted by atomic mass is 16.5. The van der Waals surface area contributed by atoms with Crippen LogP contribution in [-0.4, -0.2) is 29.3 Å². The first-order valence-corrected chi connectivity index (χ1v) is 10.4. The van der Waals surface area contributed by atoms with Crippen molar-refractivity contribution in [2.24, 2.45) is 0 Å². The first kappa shape index (κ1) is 21.3. The molecule has 0 radical (unpaired) electrons. The molecule has 8 heteroatoms. The molecule has 5 rings (SSSR count). The van der Waals surface area contributed by atoms with Gasteiger partial charge in [-0.2, -0.15) is 0 Å². The number of carbonyl (C=O) groups is 2. The van der Waals surface area contributed by atoms with E-state index in [0.29, 0.717) is 22.3 Å². The van der Waals surface area contributed by atoms with Gasteiger partial charge in [0.25, 0.3) is 0 Å². The maximum absolute atomic E-state index is 13.0. The molecule has 34 heavy (non-hydrogen) atoms. The Morgan fingerprint density at radius 3 is 2.38 bits per heavy atom. The Morgan fingerprint density at radius 1 is 1.00 bits per heavy atom. The van der Waals surface area contributed by atoms with Crippen molar-refractivity contribution in [1.29, 1.82) is 0 Å². The summed E-state index contributed by atoms with van der Waals surface area (Å²) in [5.74, 6) is -1.54. The molecule has 2 N–H and O–H groups in total. The highest BCUT2D eigenvalue weighted by Gasteiger charge is 2.33. The molecule has 1 atom stereocenters. The number of hydrogen-bond donors (Lipinski definition) is 2. The summed E-state index contributed by atoms with van der Waals surface area (Å²) in [6, 6.07) is 15.2. The average Bonchev–Trinajstić information content (AvgIpc) is 2.83. The molecule has 2 heterocycles. The van der Waals surface area contributed by atoms with Crippen molar-refractivity contribution in [2.45, 2.75) is 12.3 Å². The van der Waals surface area contributed by atoms with E-state index in [9.17, 15) is 24.6 Å². The molecule has 170 valence electrons. The van der Waals surface area contributed by atoms with E-state index in [-0.39, 0.29) is 40.4 Å². The van der Waals surface area contributed by atoms with Crippen molar-refractivity contribution < 1.29 is 33.7 Å². The fraction of sp³-hybridized carbons (Fsp3) is 0.115. The molecule has 0 saturated carbocycles. The zero-order chi connectivity index (χ0) is 24.0. The molecule has 0 fully saturated rings. The van der Waals surface area contributed by atoms with E-state index in [2.05, 4.69) is 0 Å². The number of phenolic OH excluding ortho intramolecular Hbond substituents is 2. The van der Waals surface area contributed by atoms with Crippen LogP contribution in [0.15, 0.2) is 69.9 Å². The van der Waals surface area contributed by atoms with Gasteiger partial charge in [-0.3, -0.25) is 9.59 Å². The lowest BCUT2D eigenvalue weighted by Crippen LogP contribution is -2.22. The zero-order valence-corrected chi connectivity index (χ0v) is 17.9. The number of benzene rings is 3. The number of phenols is 2. The first-order valence-electron chi connectivity index (χ1n) is 10.4. The molecule has 8 nitrogen and oxygen atoms in total. The second-order valence-corrected chi connectivity index (χ2v) is 7.88. The Bertz CT molecular complexity index is 1500. The Balaban J connectivity index is 1.74. The highest BCUT2D eigenvalue weighted by molar-refractivity contribution is 5.93. The van der Waals surface area contributed by atoms with Gasteiger partial charge in [-0.25, -0.2) is 4.79 Å². The van der Waals surface area contributed by atoms with Gasteiger partial charge in [0.15, 0.2) is 5.43 Å². The second kappa shape index (κ2) is 8.08. The van der Waals surface area contributed by atoms with Crippen LogP contribution >= 0.6 is 0 Å². The standard InChI is InChI=1S/C26H18O8/c1-32-26(31)15-4-2-13(3-5-15)17-10-22(30)33-21-12-19(29)24-18(28)11-20(34-25(24)23(17)21)14-6-8-16(27)9-7-14/h2-9,11-12,17,27,29H,10H2,1H3/t17-/m1/s1. The number of methoxy groups -OCH3 is 1. The highest BCUT2D eigenvalue weighted by Crippen LogP contribution is 2.46. The largest absolute Gasteiger partial charge is 0.508 e. The predicted octanol–water partition coefficient (Wildman–Crippen LogP) is 4.10. The SMILES string of the molecule is COC(=O)c1ccc([C@H]2CC(=O)Oc3cc(O)c4c(=O)cc(-c5ccc(O)cc5)oc4c32)cc1. The minimum Gasteiger partial charge on any atom is -0.508 e. The third kappa shape index (κ3) is 3.55. The maximum Gasteiger partial charge on any atom is 0.337 e. The summed E-state index contributed by atoms with van der Waals surface area (Å²) < 4.78 is 16.2. The summed E-state index contributed by atoms with van der Waals surface area (Å²) in [4.78, 5) is 37.2. The van der Waals surface area contributed by atoms with Crippen LogP contribution in [0, 0.1) is 0 Å². The monoisotopic (exact) mass is 458 g/mol. The lowest BCUT2D eigenvalue weighted by Gasteiger charge is -2.26. The van der Waals surface area contributed by atoms with Gasteiger partial charge >= 0.3 is 11.9 Å². The molecular formula is C26H18O8. The number of esters is 2. The zero-order valence-electron chi connectivity index (χ0n) is 17.9. The molecule has 0 saturated heterocycles. The number of hydrogen-bond acceptors (Lipinski definition) is 8. The van der Waals surface area contributed by atoms with E-state index in [1.807, 2.05) is 0 Å². The summed E-state index contributed by atoms with van der Waals surface area (Å²) in [7, 11) is 1.29. The summed E-state index contributed by atoms with van der Waals surface area (Å²) in [6.07, 6.45) is -0.0302. The van der Waals surface area contributed by atoms with Gasteiger partial charge in [0.2, 0.25) is 0 Å². The minimum absolute atomic E-state index is 0.0302. The molecule has 0 bridgehead atoms. The molecule has 4 aromatic rings. The number of aromatic hydroxyl groups is 2. The Kier molecular flexibility index (Phi) is 5.05. The third-order valence-corrected chi connectivity index (χ3v) is 5.81. The van der Waals surface area contributed by atoms with Gasteiger partial charge in [-0.05, 0) is 42.0 Å². The quantitative estimate of drug-likeness (QED) is 0.347. The number of fused-ring (bicyclic) bond motifs is 3. The molecule has 0 amide bonds. The molecule has 1 aliphatic heterocycles. The van der Waals surface area contributed by atoms with E-state index >= 15 is 0 Å². The summed E-state index contributed by atoms with van der Waals surface area (Å²) in [5, 5.41) is 20.1. The van der Waals surface area contributed by atoms with E-state index in [0.717, 1.165) is 0 Å². The molecule has 1 aliphatic rings. The van der Waals surface area contributed by atoms with Crippen LogP contribution in [0.1, 0.15) is 33.8 Å². The lowest BCUT2D eigenvalue weighted by molar-refractivity contribution is -0.135. The molecule has 0 spiro atoms. The molecule has 1 aromatic heterocycles. The fourth-order valence-corrected chi connectivity index (χ4v) is 4.18. The number of carbonyl (C=O) groups excluding carboxylic acids is 2. The van der Waals surface area contributed by atoms with E-state index < -0.39 is 23.3 Å². The number of rotatable bonds is 3. The lowest BCUT2D eigenvalue weighted by atomic mass is 9.84. The van der Waals surface area contributed by atoms with Crippen LogP contribution < -0.4 is 10.2 Å². The van der Waals surface area contributed by atoms with Crippen LogP contribution in [0.5, 0.6) is 17.2 Å². The van der Waals surface area contributed by atoms with Crippen molar-refractivity contribution in [2.75, 3.05) is 7.11 Å². The summed E-state index contributed by atoms with van der Waals surface area (Å²) in [6.45, 7) is 0.